The Morgan fingerprint density at radius 2 is 1.60 bits per heavy atom. The lowest BCUT2D eigenvalue weighted by atomic mass is 10.0. The summed E-state index contributed by atoms with van der Waals surface area (Å²) in [4.78, 5) is 17.6. The number of fused-ring (bicyclic) bond motifs is 1. The molecule has 0 saturated heterocycles. The van der Waals surface area contributed by atoms with E-state index in [0.717, 1.165) is 17.7 Å². The van der Waals surface area contributed by atoms with Crippen LogP contribution in [0, 0.1) is 0 Å². The molecule has 0 atom stereocenters. The second kappa shape index (κ2) is 7.80. The summed E-state index contributed by atoms with van der Waals surface area (Å²) in [6.45, 7) is 0. The minimum Gasteiger partial charge on any atom is -0.321 e. The predicted octanol–water partition coefficient (Wildman–Crippen LogP) is 6.83. The lowest BCUT2D eigenvalue weighted by Crippen LogP contribution is -2.17. The Hall–Kier alpha value is -3.38. The molecule has 0 bridgehead atoms. The maximum absolute atomic E-state index is 13.4. The van der Waals surface area contributed by atoms with Crippen LogP contribution in [0.1, 0.15) is 15.9 Å². The third-order valence-corrected chi connectivity index (χ3v) is 4.80. The van der Waals surface area contributed by atoms with Crippen molar-refractivity contribution in [1.29, 1.82) is 0 Å². The van der Waals surface area contributed by atoms with Crippen LogP contribution in [0.4, 0.5) is 18.9 Å². The SMILES string of the molecule is O=C(Nc1ccc(Cl)cc1C(F)(F)F)c1cc(-c2ccccc2)nc2ccccc12. The molecule has 0 saturated carbocycles. The largest absolute Gasteiger partial charge is 0.418 e. The molecule has 4 rings (SSSR count). The van der Waals surface area contributed by atoms with Crippen molar-refractivity contribution >= 4 is 34.1 Å². The zero-order chi connectivity index (χ0) is 21.3. The number of anilines is 1. The van der Waals surface area contributed by atoms with Gasteiger partial charge in [0.25, 0.3) is 5.91 Å². The molecule has 1 amide bonds. The van der Waals surface area contributed by atoms with Crippen molar-refractivity contribution in [3.8, 4) is 11.3 Å². The highest BCUT2D eigenvalue weighted by Crippen LogP contribution is 2.37. The van der Waals surface area contributed by atoms with Crippen LogP contribution in [0.15, 0.2) is 78.9 Å². The van der Waals surface area contributed by atoms with Gasteiger partial charge in [-0.15, -0.1) is 0 Å². The first-order chi connectivity index (χ1) is 14.3. The molecular weight excluding hydrogens is 413 g/mol. The highest BCUT2D eigenvalue weighted by atomic mass is 35.5. The summed E-state index contributed by atoms with van der Waals surface area (Å²) >= 11 is 5.72. The Morgan fingerprint density at radius 3 is 2.33 bits per heavy atom. The third-order valence-electron chi connectivity index (χ3n) is 4.57. The molecule has 7 heteroatoms. The number of nitrogens with zero attached hydrogens (tertiary/aromatic N) is 1. The molecule has 30 heavy (non-hydrogen) atoms. The summed E-state index contributed by atoms with van der Waals surface area (Å²) in [5, 5.41) is 2.86. The Balaban J connectivity index is 1.81. The number of aromatic nitrogens is 1. The van der Waals surface area contributed by atoms with Gasteiger partial charge in [-0.25, -0.2) is 4.98 Å². The van der Waals surface area contributed by atoms with Crippen molar-refractivity contribution in [3.05, 3.63) is 95.0 Å². The number of alkyl halides is 3. The molecule has 0 aliphatic rings. The van der Waals surface area contributed by atoms with Gasteiger partial charge in [0.05, 0.1) is 28.0 Å². The fraction of sp³-hybridized carbons (Fsp3) is 0.0435. The van der Waals surface area contributed by atoms with Crippen LogP contribution in [-0.4, -0.2) is 10.9 Å². The number of amides is 1. The normalized spacial score (nSPS) is 11.5. The van der Waals surface area contributed by atoms with Crippen LogP contribution in [0.3, 0.4) is 0 Å². The molecule has 0 fully saturated rings. The number of carbonyl (C=O) groups excluding carboxylic acids is 1. The number of pyridine rings is 1. The summed E-state index contributed by atoms with van der Waals surface area (Å²) in [5.74, 6) is -0.668. The fourth-order valence-electron chi connectivity index (χ4n) is 3.17. The average Bonchev–Trinajstić information content (AvgIpc) is 2.74. The van der Waals surface area contributed by atoms with Crippen LogP contribution < -0.4 is 5.32 Å². The molecule has 0 spiro atoms. The molecule has 1 N–H and O–H groups in total. The summed E-state index contributed by atoms with van der Waals surface area (Å²) in [5.41, 5.74) is 0.758. The van der Waals surface area contributed by atoms with Gasteiger partial charge in [0, 0.05) is 16.0 Å². The number of para-hydroxylation sites is 1. The van der Waals surface area contributed by atoms with Crippen LogP contribution >= 0.6 is 11.6 Å². The Labute approximate surface area is 175 Å². The van der Waals surface area contributed by atoms with Gasteiger partial charge in [0.2, 0.25) is 0 Å². The third kappa shape index (κ3) is 4.00. The lowest BCUT2D eigenvalue weighted by molar-refractivity contribution is -0.136. The zero-order valence-corrected chi connectivity index (χ0v) is 16.1. The quantitative estimate of drug-likeness (QED) is 0.390. The van der Waals surface area contributed by atoms with Gasteiger partial charge < -0.3 is 5.32 Å². The Morgan fingerprint density at radius 1 is 0.900 bits per heavy atom. The van der Waals surface area contributed by atoms with E-state index in [1.165, 1.54) is 6.07 Å². The van der Waals surface area contributed by atoms with Gasteiger partial charge in [0.1, 0.15) is 0 Å². The van der Waals surface area contributed by atoms with Crippen molar-refractivity contribution < 1.29 is 18.0 Å². The lowest BCUT2D eigenvalue weighted by Gasteiger charge is -2.15. The number of carbonyl (C=O) groups is 1. The minimum atomic E-state index is -4.66. The predicted molar refractivity (Wildman–Crippen MR) is 112 cm³/mol. The summed E-state index contributed by atoms with van der Waals surface area (Å²) in [7, 11) is 0. The van der Waals surface area contributed by atoms with E-state index >= 15 is 0 Å². The van der Waals surface area contributed by atoms with E-state index in [0.29, 0.717) is 16.6 Å². The zero-order valence-electron chi connectivity index (χ0n) is 15.4. The van der Waals surface area contributed by atoms with Crippen molar-refractivity contribution in [2.75, 3.05) is 5.32 Å². The first kappa shape index (κ1) is 19.9. The van der Waals surface area contributed by atoms with Gasteiger partial charge in [-0.3, -0.25) is 4.79 Å². The van der Waals surface area contributed by atoms with E-state index in [1.54, 1.807) is 30.3 Å². The molecular formula is C23H14ClF3N2O. The first-order valence-corrected chi connectivity index (χ1v) is 9.34. The standard InChI is InChI=1S/C23H14ClF3N2O/c24-15-10-11-20(18(12-15)23(25,26)27)29-22(30)17-13-21(14-6-2-1-3-7-14)28-19-9-5-4-8-16(17)19/h1-13H,(H,29,30). The second-order valence-electron chi connectivity index (χ2n) is 6.58. The molecule has 1 heterocycles. The van der Waals surface area contributed by atoms with Crippen LogP contribution in [-0.2, 0) is 6.18 Å². The van der Waals surface area contributed by atoms with Gasteiger partial charge in [-0.05, 0) is 30.3 Å². The van der Waals surface area contributed by atoms with Crippen molar-refractivity contribution in [1.82, 2.24) is 4.98 Å². The molecule has 0 radical (unpaired) electrons. The van der Waals surface area contributed by atoms with Gasteiger partial charge in [-0.1, -0.05) is 60.1 Å². The van der Waals surface area contributed by atoms with Crippen molar-refractivity contribution in [2.24, 2.45) is 0 Å². The molecule has 0 aliphatic heterocycles. The van der Waals surface area contributed by atoms with Crippen LogP contribution in [0.5, 0.6) is 0 Å². The molecule has 3 aromatic carbocycles. The smallest absolute Gasteiger partial charge is 0.321 e. The number of nitrogens with one attached hydrogen (secondary N) is 1. The number of rotatable bonds is 3. The van der Waals surface area contributed by atoms with E-state index in [-0.39, 0.29) is 16.3 Å². The highest BCUT2D eigenvalue weighted by Gasteiger charge is 2.34. The van der Waals surface area contributed by atoms with Crippen LogP contribution in [0.2, 0.25) is 5.02 Å². The topological polar surface area (TPSA) is 42.0 Å². The van der Waals surface area contributed by atoms with Crippen molar-refractivity contribution in [2.45, 2.75) is 6.18 Å². The Kier molecular flexibility index (Phi) is 5.18. The van der Waals surface area contributed by atoms with E-state index in [9.17, 15) is 18.0 Å². The molecule has 0 unspecified atom stereocenters. The number of benzene rings is 3. The second-order valence-corrected chi connectivity index (χ2v) is 7.02. The molecule has 1 aromatic heterocycles. The summed E-state index contributed by atoms with van der Waals surface area (Å²) in [6.07, 6.45) is -4.66. The molecule has 0 aliphatic carbocycles. The molecule has 4 aromatic rings. The minimum absolute atomic E-state index is 0.0685. The highest BCUT2D eigenvalue weighted by molar-refractivity contribution is 6.30. The summed E-state index contributed by atoms with van der Waals surface area (Å²) in [6, 6.07) is 21.0. The first-order valence-electron chi connectivity index (χ1n) is 8.96. The molecule has 150 valence electrons. The average molecular weight is 427 g/mol. The maximum atomic E-state index is 13.4. The van der Waals surface area contributed by atoms with Gasteiger partial charge >= 0.3 is 6.18 Å². The van der Waals surface area contributed by atoms with E-state index in [1.807, 2.05) is 30.3 Å². The van der Waals surface area contributed by atoms with Gasteiger partial charge in [-0.2, -0.15) is 13.2 Å². The summed E-state index contributed by atoms with van der Waals surface area (Å²) < 4.78 is 40.2. The fourth-order valence-corrected chi connectivity index (χ4v) is 3.34. The van der Waals surface area contributed by atoms with E-state index < -0.39 is 17.6 Å². The van der Waals surface area contributed by atoms with Gasteiger partial charge in [0.15, 0.2) is 0 Å². The monoisotopic (exact) mass is 426 g/mol. The van der Waals surface area contributed by atoms with E-state index in [2.05, 4.69) is 10.3 Å². The number of halogens is 4. The van der Waals surface area contributed by atoms with Crippen molar-refractivity contribution in [3.63, 3.8) is 0 Å². The Bertz CT molecular complexity index is 1240. The maximum Gasteiger partial charge on any atom is 0.418 e. The molecule has 3 nitrogen and oxygen atoms in total. The van der Waals surface area contributed by atoms with Crippen LogP contribution in [0.25, 0.3) is 22.2 Å². The number of hydrogen-bond donors (Lipinski definition) is 1. The number of hydrogen-bond acceptors (Lipinski definition) is 2. The van der Waals surface area contributed by atoms with E-state index in [4.69, 9.17) is 11.6 Å².